The lowest BCUT2D eigenvalue weighted by Gasteiger charge is -2.13. The number of nitrogens with zero attached hydrogens (tertiary/aromatic N) is 2. The van der Waals surface area contributed by atoms with Crippen LogP contribution in [0.2, 0.25) is 0 Å². The minimum Gasteiger partial charge on any atom is -0.351 e. The molecule has 0 aromatic carbocycles. The van der Waals surface area contributed by atoms with Gasteiger partial charge in [-0.3, -0.25) is 4.79 Å². The van der Waals surface area contributed by atoms with Gasteiger partial charge in [0.2, 0.25) is 5.95 Å². The van der Waals surface area contributed by atoms with Gasteiger partial charge in [0.1, 0.15) is 5.69 Å². The maximum absolute atomic E-state index is 12.1. The van der Waals surface area contributed by atoms with E-state index in [0.717, 1.165) is 19.3 Å². The van der Waals surface area contributed by atoms with Crippen molar-refractivity contribution in [1.82, 2.24) is 15.3 Å². The van der Waals surface area contributed by atoms with Crippen LogP contribution >= 0.6 is 0 Å². The Bertz CT molecular complexity index is 537. The highest BCUT2D eigenvalue weighted by Gasteiger charge is 2.22. The van der Waals surface area contributed by atoms with Crippen molar-refractivity contribution >= 4 is 11.9 Å². The lowest BCUT2D eigenvalue weighted by molar-refractivity contribution is 0.0949. The van der Waals surface area contributed by atoms with Gasteiger partial charge in [-0.2, -0.15) is 0 Å². The van der Waals surface area contributed by atoms with Crippen LogP contribution < -0.4 is 10.6 Å². The number of anilines is 1. The van der Waals surface area contributed by atoms with Crippen LogP contribution in [0.15, 0.2) is 23.9 Å². The van der Waals surface area contributed by atoms with Crippen LogP contribution in [0, 0.1) is 0 Å². The van der Waals surface area contributed by atoms with Crippen LogP contribution in [0.4, 0.5) is 5.95 Å². The van der Waals surface area contributed by atoms with Gasteiger partial charge >= 0.3 is 0 Å². The SMILES string of the molecule is O=C(NCCC1=CCCCC1)c1ccnc(NC2CC2)n1. The summed E-state index contributed by atoms with van der Waals surface area (Å²) in [5.74, 6) is 0.438. The van der Waals surface area contributed by atoms with E-state index in [0.29, 0.717) is 24.2 Å². The highest BCUT2D eigenvalue weighted by atomic mass is 16.1. The van der Waals surface area contributed by atoms with Gasteiger partial charge < -0.3 is 10.6 Å². The molecule has 0 aliphatic heterocycles. The van der Waals surface area contributed by atoms with Gasteiger partial charge in [-0.1, -0.05) is 11.6 Å². The summed E-state index contributed by atoms with van der Waals surface area (Å²) in [6.07, 6.45) is 12.2. The van der Waals surface area contributed by atoms with Crippen molar-refractivity contribution in [2.75, 3.05) is 11.9 Å². The number of amides is 1. The number of allylic oxidation sites excluding steroid dienone is 1. The Balaban J connectivity index is 1.48. The second-order valence-electron chi connectivity index (χ2n) is 5.80. The van der Waals surface area contributed by atoms with E-state index in [1.807, 2.05) is 0 Å². The van der Waals surface area contributed by atoms with Crippen molar-refractivity contribution in [3.63, 3.8) is 0 Å². The number of aromatic nitrogens is 2. The second-order valence-corrected chi connectivity index (χ2v) is 5.80. The first-order valence-corrected chi connectivity index (χ1v) is 7.87. The van der Waals surface area contributed by atoms with E-state index in [1.54, 1.807) is 12.3 Å². The molecule has 112 valence electrons. The third-order valence-corrected chi connectivity index (χ3v) is 3.92. The first-order valence-electron chi connectivity index (χ1n) is 7.87. The fourth-order valence-electron chi connectivity index (χ4n) is 2.52. The number of hydrogen-bond donors (Lipinski definition) is 2. The smallest absolute Gasteiger partial charge is 0.270 e. The first kappa shape index (κ1) is 14.0. The molecule has 1 amide bonds. The van der Waals surface area contributed by atoms with Gasteiger partial charge in [0.25, 0.3) is 5.91 Å². The van der Waals surface area contributed by atoms with Gasteiger partial charge in [-0.15, -0.1) is 0 Å². The van der Waals surface area contributed by atoms with Crippen LogP contribution in [-0.2, 0) is 0 Å². The summed E-state index contributed by atoms with van der Waals surface area (Å²) in [6.45, 7) is 0.681. The summed E-state index contributed by atoms with van der Waals surface area (Å²) in [7, 11) is 0. The normalized spacial score (nSPS) is 18.0. The van der Waals surface area contributed by atoms with Gasteiger partial charge in [0, 0.05) is 18.8 Å². The van der Waals surface area contributed by atoms with E-state index in [4.69, 9.17) is 0 Å². The minimum atomic E-state index is -0.118. The van der Waals surface area contributed by atoms with Crippen molar-refractivity contribution in [3.8, 4) is 0 Å². The van der Waals surface area contributed by atoms with Crippen LogP contribution in [0.5, 0.6) is 0 Å². The standard InChI is InChI=1S/C16H22N4O/c21-15(17-10-8-12-4-2-1-3-5-12)14-9-11-18-16(20-14)19-13-6-7-13/h4,9,11,13H,1-3,5-8,10H2,(H,17,21)(H,18,19,20). The fourth-order valence-corrected chi connectivity index (χ4v) is 2.52. The van der Waals surface area contributed by atoms with Gasteiger partial charge in [0.15, 0.2) is 0 Å². The Kier molecular flexibility index (Phi) is 4.48. The average molecular weight is 286 g/mol. The highest BCUT2D eigenvalue weighted by Crippen LogP contribution is 2.22. The molecular weight excluding hydrogens is 264 g/mol. The monoisotopic (exact) mass is 286 g/mol. The van der Waals surface area contributed by atoms with Gasteiger partial charge in [-0.25, -0.2) is 9.97 Å². The van der Waals surface area contributed by atoms with E-state index >= 15 is 0 Å². The molecule has 0 saturated heterocycles. The van der Waals surface area contributed by atoms with Crippen molar-refractivity contribution in [2.45, 2.75) is 51.0 Å². The maximum Gasteiger partial charge on any atom is 0.270 e. The Hall–Kier alpha value is -1.91. The maximum atomic E-state index is 12.1. The third kappa shape index (κ3) is 4.28. The first-order chi connectivity index (χ1) is 10.3. The lowest BCUT2D eigenvalue weighted by atomic mass is 9.97. The topological polar surface area (TPSA) is 66.9 Å². The molecule has 0 atom stereocenters. The number of carbonyl (C=O) groups excluding carboxylic acids is 1. The molecule has 21 heavy (non-hydrogen) atoms. The molecule has 2 aliphatic rings. The molecule has 2 N–H and O–H groups in total. The Labute approximate surface area is 125 Å². The number of hydrogen-bond acceptors (Lipinski definition) is 4. The van der Waals surface area contributed by atoms with Crippen LogP contribution in [0.3, 0.4) is 0 Å². The average Bonchev–Trinajstić information content (AvgIpc) is 3.32. The molecule has 0 radical (unpaired) electrons. The molecular formula is C16H22N4O. The molecule has 3 rings (SSSR count). The summed E-state index contributed by atoms with van der Waals surface area (Å²) in [4.78, 5) is 20.5. The predicted molar refractivity (Wildman–Crippen MR) is 82.2 cm³/mol. The van der Waals surface area contributed by atoms with E-state index < -0.39 is 0 Å². The zero-order valence-corrected chi connectivity index (χ0v) is 12.3. The highest BCUT2D eigenvalue weighted by molar-refractivity contribution is 5.92. The molecule has 2 aliphatic carbocycles. The number of rotatable bonds is 6. The molecule has 1 aromatic heterocycles. The molecule has 0 spiro atoms. The summed E-state index contributed by atoms with van der Waals surface area (Å²) >= 11 is 0. The summed E-state index contributed by atoms with van der Waals surface area (Å²) in [5, 5.41) is 6.15. The Morgan fingerprint density at radius 3 is 3.00 bits per heavy atom. The zero-order chi connectivity index (χ0) is 14.5. The number of carbonyl (C=O) groups is 1. The van der Waals surface area contributed by atoms with Crippen LogP contribution in [0.25, 0.3) is 0 Å². The largest absolute Gasteiger partial charge is 0.351 e. The lowest BCUT2D eigenvalue weighted by Crippen LogP contribution is -2.26. The Morgan fingerprint density at radius 1 is 1.33 bits per heavy atom. The van der Waals surface area contributed by atoms with Crippen molar-refractivity contribution in [2.24, 2.45) is 0 Å². The molecule has 1 aromatic rings. The Morgan fingerprint density at radius 2 is 2.24 bits per heavy atom. The molecule has 0 bridgehead atoms. The minimum absolute atomic E-state index is 0.118. The zero-order valence-electron chi connectivity index (χ0n) is 12.3. The third-order valence-electron chi connectivity index (χ3n) is 3.92. The molecule has 1 saturated carbocycles. The van der Waals surface area contributed by atoms with Crippen molar-refractivity contribution in [3.05, 3.63) is 29.6 Å². The van der Waals surface area contributed by atoms with Crippen molar-refractivity contribution < 1.29 is 4.79 Å². The quantitative estimate of drug-likeness (QED) is 0.789. The van der Waals surface area contributed by atoms with Gasteiger partial charge in [-0.05, 0) is 51.0 Å². The summed E-state index contributed by atoms with van der Waals surface area (Å²) in [6, 6.07) is 2.15. The summed E-state index contributed by atoms with van der Waals surface area (Å²) < 4.78 is 0. The van der Waals surface area contributed by atoms with E-state index in [-0.39, 0.29) is 5.91 Å². The van der Waals surface area contributed by atoms with Crippen LogP contribution in [-0.4, -0.2) is 28.5 Å². The predicted octanol–water partition coefficient (Wildman–Crippen LogP) is 2.67. The van der Waals surface area contributed by atoms with Crippen LogP contribution in [0.1, 0.15) is 55.4 Å². The second kappa shape index (κ2) is 6.70. The van der Waals surface area contributed by atoms with E-state index in [9.17, 15) is 4.79 Å². The molecule has 0 unspecified atom stereocenters. The number of nitrogens with one attached hydrogen (secondary N) is 2. The molecule has 1 heterocycles. The van der Waals surface area contributed by atoms with E-state index in [1.165, 1.54) is 31.3 Å². The van der Waals surface area contributed by atoms with Gasteiger partial charge in [0.05, 0.1) is 0 Å². The van der Waals surface area contributed by atoms with Crippen molar-refractivity contribution in [1.29, 1.82) is 0 Å². The summed E-state index contributed by atoms with van der Waals surface area (Å²) in [5.41, 5.74) is 1.91. The molecule has 5 heteroatoms. The fraction of sp³-hybridized carbons (Fsp3) is 0.562. The molecule has 5 nitrogen and oxygen atoms in total. The molecule has 1 fully saturated rings. The van der Waals surface area contributed by atoms with E-state index in [2.05, 4.69) is 26.7 Å².